The SMILES string of the molecule is Cc1ccc(-n2c(SCC(=O)N3CCN(c4ncccn4)CC3)nnc2N2CCOCC2)cc1. The first-order valence-corrected chi connectivity index (χ1v) is 12.5. The van der Waals surface area contributed by atoms with E-state index in [9.17, 15) is 4.79 Å². The number of carbonyl (C=O) groups is 1. The molecule has 178 valence electrons. The number of hydrogen-bond acceptors (Lipinski definition) is 9. The van der Waals surface area contributed by atoms with Gasteiger partial charge in [0.25, 0.3) is 0 Å². The smallest absolute Gasteiger partial charge is 0.233 e. The van der Waals surface area contributed by atoms with Crippen molar-refractivity contribution >= 4 is 29.6 Å². The van der Waals surface area contributed by atoms with Gasteiger partial charge in [-0.3, -0.25) is 9.36 Å². The zero-order valence-corrected chi connectivity index (χ0v) is 20.0. The number of hydrogen-bond donors (Lipinski definition) is 0. The van der Waals surface area contributed by atoms with E-state index in [0.29, 0.717) is 38.0 Å². The molecule has 0 bridgehead atoms. The van der Waals surface area contributed by atoms with Gasteiger partial charge in [-0.15, -0.1) is 10.2 Å². The van der Waals surface area contributed by atoms with Crippen LogP contribution in [0, 0.1) is 6.92 Å². The van der Waals surface area contributed by atoms with Gasteiger partial charge in [-0.25, -0.2) is 9.97 Å². The van der Waals surface area contributed by atoms with Gasteiger partial charge in [0, 0.05) is 51.7 Å². The van der Waals surface area contributed by atoms with Crippen molar-refractivity contribution in [1.29, 1.82) is 0 Å². The van der Waals surface area contributed by atoms with E-state index in [1.807, 2.05) is 9.47 Å². The second-order valence-corrected chi connectivity index (χ2v) is 9.20. The largest absolute Gasteiger partial charge is 0.378 e. The lowest BCUT2D eigenvalue weighted by atomic mass is 10.2. The Kier molecular flexibility index (Phi) is 6.91. The number of aromatic nitrogens is 5. The van der Waals surface area contributed by atoms with Crippen molar-refractivity contribution in [2.75, 3.05) is 68.0 Å². The maximum absolute atomic E-state index is 13.0. The summed E-state index contributed by atoms with van der Waals surface area (Å²) >= 11 is 1.43. The summed E-state index contributed by atoms with van der Waals surface area (Å²) in [5, 5.41) is 9.66. The highest BCUT2D eigenvalue weighted by atomic mass is 32.2. The Bertz CT molecular complexity index is 1090. The van der Waals surface area contributed by atoms with Gasteiger partial charge in [0.15, 0.2) is 5.16 Å². The fourth-order valence-electron chi connectivity index (χ4n) is 4.07. The molecular weight excluding hydrogens is 452 g/mol. The molecule has 2 saturated heterocycles. The van der Waals surface area contributed by atoms with Crippen molar-refractivity contribution in [1.82, 2.24) is 29.6 Å². The van der Waals surface area contributed by atoms with E-state index in [0.717, 1.165) is 43.0 Å². The molecule has 2 aromatic heterocycles. The molecule has 1 aromatic carbocycles. The average Bonchev–Trinajstić information content (AvgIpc) is 3.33. The number of ether oxygens (including phenoxy) is 1. The van der Waals surface area contributed by atoms with Gasteiger partial charge in [-0.1, -0.05) is 29.5 Å². The van der Waals surface area contributed by atoms with Crippen LogP contribution in [0.5, 0.6) is 0 Å². The second-order valence-electron chi connectivity index (χ2n) is 8.26. The molecule has 3 aromatic rings. The summed E-state index contributed by atoms with van der Waals surface area (Å²) < 4.78 is 7.55. The highest BCUT2D eigenvalue weighted by molar-refractivity contribution is 7.99. The van der Waals surface area contributed by atoms with Crippen molar-refractivity contribution in [3.8, 4) is 5.69 Å². The molecule has 2 aliphatic rings. The van der Waals surface area contributed by atoms with E-state index in [1.165, 1.54) is 17.3 Å². The Morgan fingerprint density at radius 2 is 1.65 bits per heavy atom. The maximum Gasteiger partial charge on any atom is 0.233 e. The van der Waals surface area contributed by atoms with Gasteiger partial charge in [-0.05, 0) is 25.1 Å². The Labute approximate surface area is 202 Å². The summed E-state index contributed by atoms with van der Waals surface area (Å²) in [7, 11) is 0. The van der Waals surface area contributed by atoms with Crippen LogP contribution in [0.15, 0.2) is 47.9 Å². The summed E-state index contributed by atoms with van der Waals surface area (Å²) in [4.78, 5) is 27.8. The van der Waals surface area contributed by atoms with Crippen molar-refractivity contribution in [2.45, 2.75) is 12.1 Å². The van der Waals surface area contributed by atoms with E-state index < -0.39 is 0 Å². The van der Waals surface area contributed by atoms with E-state index in [4.69, 9.17) is 4.74 Å². The highest BCUT2D eigenvalue weighted by Gasteiger charge is 2.25. The van der Waals surface area contributed by atoms with Crippen LogP contribution in [0.1, 0.15) is 5.56 Å². The van der Waals surface area contributed by atoms with Crippen LogP contribution in [0.3, 0.4) is 0 Å². The molecular formula is C23H28N8O2S. The molecule has 0 atom stereocenters. The first kappa shape index (κ1) is 22.6. The zero-order valence-electron chi connectivity index (χ0n) is 19.2. The normalized spacial score (nSPS) is 16.7. The molecule has 34 heavy (non-hydrogen) atoms. The van der Waals surface area contributed by atoms with Crippen LogP contribution in [-0.2, 0) is 9.53 Å². The van der Waals surface area contributed by atoms with Crippen molar-refractivity contribution in [3.05, 3.63) is 48.3 Å². The predicted molar refractivity (Wildman–Crippen MR) is 131 cm³/mol. The molecule has 2 aliphatic heterocycles. The van der Waals surface area contributed by atoms with Crippen LogP contribution in [-0.4, -0.2) is 93.8 Å². The summed E-state index contributed by atoms with van der Waals surface area (Å²) in [6.07, 6.45) is 3.48. The Balaban J connectivity index is 1.26. The number of nitrogens with zero attached hydrogens (tertiary/aromatic N) is 8. The molecule has 0 spiro atoms. The predicted octanol–water partition coefficient (Wildman–Crippen LogP) is 1.64. The standard InChI is InChI=1S/C23H28N8O2S/c1-18-3-5-19(6-4-18)31-22(30-13-15-33-16-14-30)26-27-23(31)34-17-20(32)28-9-11-29(12-10-28)21-24-7-2-8-25-21/h2-8H,9-17H2,1H3. The molecule has 2 fully saturated rings. The number of anilines is 2. The molecule has 10 nitrogen and oxygen atoms in total. The molecule has 0 N–H and O–H groups in total. The van der Waals surface area contributed by atoms with Gasteiger partial charge in [-0.2, -0.15) is 0 Å². The monoisotopic (exact) mass is 480 g/mol. The lowest BCUT2D eigenvalue weighted by Gasteiger charge is -2.34. The van der Waals surface area contributed by atoms with Crippen LogP contribution < -0.4 is 9.80 Å². The third-order valence-corrected chi connectivity index (χ3v) is 6.91. The number of rotatable bonds is 6. The van der Waals surface area contributed by atoms with Crippen LogP contribution >= 0.6 is 11.8 Å². The summed E-state index contributed by atoms with van der Waals surface area (Å²) in [5.41, 5.74) is 2.18. The van der Waals surface area contributed by atoms with E-state index in [2.05, 4.69) is 61.2 Å². The highest BCUT2D eigenvalue weighted by Crippen LogP contribution is 2.28. The summed E-state index contributed by atoms with van der Waals surface area (Å²) in [5.74, 6) is 1.92. The fourth-order valence-corrected chi connectivity index (χ4v) is 4.92. The first-order valence-electron chi connectivity index (χ1n) is 11.5. The molecule has 1 amide bonds. The fraction of sp³-hybridized carbons (Fsp3) is 0.435. The molecule has 11 heteroatoms. The zero-order chi connectivity index (χ0) is 23.3. The number of morpholine rings is 1. The molecule has 0 radical (unpaired) electrons. The number of carbonyl (C=O) groups excluding carboxylic acids is 1. The minimum Gasteiger partial charge on any atom is -0.378 e. The van der Waals surface area contributed by atoms with Gasteiger partial charge in [0.2, 0.25) is 17.8 Å². The lowest BCUT2D eigenvalue weighted by molar-refractivity contribution is -0.128. The van der Waals surface area contributed by atoms with Crippen molar-refractivity contribution in [2.24, 2.45) is 0 Å². The minimum atomic E-state index is 0.102. The van der Waals surface area contributed by atoms with Crippen molar-refractivity contribution in [3.63, 3.8) is 0 Å². The molecule has 0 unspecified atom stereocenters. The lowest BCUT2D eigenvalue weighted by Crippen LogP contribution is -2.49. The molecule has 4 heterocycles. The third-order valence-electron chi connectivity index (χ3n) is 5.99. The Morgan fingerprint density at radius 3 is 2.35 bits per heavy atom. The topological polar surface area (TPSA) is 92.5 Å². The number of piperazine rings is 1. The van der Waals surface area contributed by atoms with Crippen LogP contribution in [0.2, 0.25) is 0 Å². The molecule has 0 saturated carbocycles. The summed E-state index contributed by atoms with van der Waals surface area (Å²) in [6.45, 7) is 7.69. The Hall–Kier alpha value is -3.18. The molecule has 5 rings (SSSR count). The number of amides is 1. The van der Waals surface area contributed by atoms with Gasteiger partial charge >= 0.3 is 0 Å². The van der Waals surface area contributed by atoms with E-state index in [1.54, 1.807) is 18.5 Å². The molecule has 0 aliphatic carbocycles. The third kappa shape index (κ3) is 5.00. The summed E-state index contributed by atoms with van der Waals surface area (Å²) in [6, 6.07) is 10.1. The quantitative estimate of drug-likeness (QED) is 0.488. The Morgan fingerprint density at radius 1 is 0.941 bits per heavy atom. The van der Waals surface area contributed by atoms with Gasteiger partial charge in [0.1, 0.15) is 0 Å². The maximum atomic E-state index is 13.0. The number of aryl methyl sites for hydroxylation is 1. The van der Waals surface area contributed by atoms with Crippen LogP contribution in [0.25, 0.3) is 5.69 Å². The minimum absolute atomic E-state index is 0.102. The number of benzene rings is 1. The average molecular weight is 481 g/mol. The van der Waals surface area contributed by atoms with Gasteiger partial charge < -0.3 is 19.4 Å². The van der Waals surface area contributed by atoms with E-state index >= 15 is 0 Å². The van der Waals surface area contributed by atoms with Crippen LogP contribution in [0.4, 0.5) is 11.9 Å². The second kappa shape index (κ2) is 10.4. The first-order chi connectivity index (χ1) is 16.7. The van der Waals surface area contributed by atoms with Gasteiger partial charge in [0.05, 0.1) is 24.7 Å². The van der Waals surface area contributed by atoms with Crippen molar-refractivity contribution < 1.29 is 9.53 Å². The van der Waals surface area contributed by atoms with E-state index in [-0.39, 0.29) is 5.91 Å². The number of thioether (sulfide) groups is 1.